The van der Waals surface area contributed by atoms with Crippen LogP contribution in [0.15, 0.2) is 39.9 Å². The lowest BCUT2D eigenvalue weighted by atomic mass is 10.1. The van der Waals surface area contributed by atoms with Gasteiger partial charge in [0, 0.05) is 25.2 Å². The molecule has 1 aliphatic heterocycles. The highest BCUT2D eigenvalue weighted by atomic mass is 127. The van der Waals surface area contributed by atoms with Gasteiger partial charge in [-0.1, -0.05) is 24.6 Å². The fraction of sp³-hybridized carbons (Fsp3) is 0.524. The highest BCUT2D eigenvalue weighted by molar-refractivity contribution is 14.0. The van der Waals surface area contributed by atoms with Gasteiger partial charge in [-0.05, 0) is 51.4 Å². The summed E-state index contributed by atoms with van der Waals surface area (Å²) in [6.45, 7) is 12.2. The number of benzene rings is 1. The summed E-state index contributed by atoms with van der Waals surface area (Å²) >= 11 is 0. The van der Waals surface area contributed by atoms with E-state index < -0.39 is 0 Å². The topological polar surface area (TPSA) is 65.7 Å². The van der Waals surface area contributed by atoms with Crippen LogP contribution >= 0.6 is 24.0 Å². The third-order valence-corrected chi connectivity index (χ3v) is 4.97. The minimum atomic E-state index is 0. The summed E-state index contributed by atoms with van der Waals surface area (Å²) < 4.78 is 5.62. The molecular weight excluding hydrogens is 465 g/mol. The molecule has 3 rings (SSSR count). The van der Waals surface area contributed by atoms with Crippen LogP contribution in [0.5, 0.6) is 0 Å². The number of nitrogens with zero attached hydrogens (tertiary/aromatic N) is 3. The van der Waals surface area contributed by atoms with Gasteiger partial charge in [-0.25, -0.2) is 9.98 Å². The maximum atomic E-state index is 5.62. The van der Waals surface area contributed by atoms with Crippen molar-refractivity contribution in [1.29, 1.82) is 0 Å². The molecule has 0 bridgehead atoms. The molecule has 2 aromatic rings. The largest absolute Gasteiger partial charge is 0.444 e. The number of hydrogen-bond acceptors (Lipinski definition) is 4. The minimum absolute atomic E-state index is 0. The van der Waals surface area contributed by atoms with Gasteiger partial charge in [-0.2, -0.15) is 0 Å². The molecule has 1 unspecified atom stereocenters. The average molecular weight is 497 g/mol. The van der Waals surface area contributed by atoms with Crippen molar-refractivity contribution in [2.45, 2.75) is 33.7 Å². The summed E-state index contributed by atoms with van der Waals surface area (Å²) in [6.07, 6.45) is 2.95. The summed E-state index contributed by atoms with van der Waals surface area (Å²) in [4.78, 5) is 11.7. The predicted molar refractivity (Wildman–Crippen MR) is 125 cm³/mol. The third kappa shape index (κ3) is 6.48. The predicted octanol–water partition coefficient (Wildman–Crippen LogP) is 3.66. The highest BCUT2D eigenvalue weighted by Gasteiger charge is 2.21. The first-order valence-corrected chi connectivity index (χ1v) is 9.94. The Balaban J connectivity index is 0.00000280. The summed E-state index contributed by atoms with van der Waals surface area (Å²) in [5.41, 5.74) is 3.05. The van der Waals surface area contributed by atoms with Crippen LogP contribution in [0, 0.1) is 12.8 Å². The van der Waals surface area contributed by atoms with E-state index in [1.54, 1.807) is 6.26 Å². The van der Waals surface area contributed by atoms with Crippen LogP contribution in [0.4, 0.5) is 0 Å². The Morgan fingerprint density at radius 1 is 1.25 bits per heavy atom. The van der Waals surface area contributed by atoms with E-state index in [1.165, 1.54) is 25.1 Å². The van der Waals surface area contributed by atoms with Crippen LogP contribution < -0.4 is 10.6 Å². The first kappa shape index (κ1) is 22.7. The molecule has 1 aromatic carbocycles. The second-order valence-electron chi connectivity index (χ2n) is 7.13. The second kappa shape index (κ2) is 11.4. The number of guanidine groups is 1. The molecule has 1 saturated heterocycles. The molecule has 28 heavy (non-hydrogen) atoms. The second-order valence-corrected chi connectivity index (χ2v) is 7.13. The van der Waals surface area contributed by atoms with Gasteiger partial charge in [0.1, 0.15) is 12.0 Å². The Morgan fingerprint density at radius 2 is 2.04 bits per heavy atom. The number of likely N-dealkylation sites (tertiary alicyclic amines) is 1. The molecule has 6 nitrogen and oxygen atoms in total. The van der Waals surface area contributed by atoms with Gasteiger partial charge >= 0.3 is 0 Å². The fourth-order valence-corrected chi connectivity index (χ4v) is 3.32. The van der Waals surface area contributed by atoms with Gasteiger partial charge in [0.15, 0.2) is 5.96 Å². The molecule has 0 spiro atoms. The van der Waals surface area contributed by atoms with Gasteiger partial charge in [0.05, 0.1) is 6.54 Å². The molecular formula is C21H32IN5O. The van der Waals surface area contributed by atoms with Crippen LogP contribution in [-0.2, 0) is 6.54 Å². The van der Waals surface area contributed by atoms with Crippen molar-refractivity contribution in [2.75, 3.05) is 32.7 Å². The Bertz CT molecular complexity index is 744. The molecule has 7 heteroatoms. The third-order valence-electron chi connectivity index (χ3n) is 4.97. The molecule has 1 fully saturated rings. The van der Waals surface area contributed by atoms with Crippen molar-refractivity contribution >= 4 is 29.9 Å². The zero-order valence-electron chi connectivity index (χ0n) is 17.1. The molecule has 1 atom stereocenters. The van der Waals surface area contributed by atoms with Crippen molar-refractivity contribution in [3.63, 3.8) is 0 Å². The van der Waals surface area contributed by atoms with E-state index in [1.807, 2.05) is 12.1 Å². The highest BCUT2D eigenvalue weighted by Crippen LogP contribution is 2.19. The summed E-state index contributed by atoms with van der Waals surface area (Å²) in [6, 6.07) is 8.18. The maximum absolute atomic E-state index is 5.62. The molecule has 1 aliphatic rings. The maximum Gasteiger partial charge on any atom is 0.226 e. The Hall–Kier alpha value is -1.61. The monoisotopic (exact) mass is 497 g/mol. The molecule has 0 radical (unpaired) electrons. The molecule has 0 saturated carbocycles. The number of hydrogen-bond donors (Lipinski definition) is 2. The van der Waals surface area contributed by atoms with Crippen LogP contribution in [0.3, 0.4) is 0 Å². The quantitative estimate of drug-likeness (QED) is 0.347. The lowest BCUT2D eigenvalue weighted by Crippen LogP contribution is -2.40. The van der Waals surface area contributed by atoms with E-state index in [0.717, 1.165) is 36.9 Å². The van der Waals surface area contributed by atoms with Gasteiger partial charge in [0.25, 0.3) is 0 Å². The van der Waals surface area contributed by atoms with E-state index in [2.05, 4.69) is 58.4 Å². The standard InChI is InChI=1S/C21H31N5O.HI/c1-4-22-21(23-12-17-10-11-26(5-2)14-17)24-13-19-15-27-20(25-19)18-8-6-16(3)7-9-18;/h6-9,15,17H,4-5,10-14H2,1-3H3,(H2,22,23,24);1H. The molecule has 0 aliphatic carbocycles. The van der Waals surface area contributed by atoms with Crippen LogP contribution in [0.1, 0.15) is 31.5 Å². The Labute approximate surface area is 185 Å². The summed E-state index contributed by atoms with van der Waals surface area (Å²) in [7, 11) is 0. The minimum Gasteiger partial charge on any atom is -0.444 e. The number of rotatable bonds is 7. The first-order chi connectivity index (χ1) is 13.2. The van der Waals surface area contributed by atoms with E-state index in [-0.39, 0.29) is 24.0 Å². The Morgan fingerprint density at radius 3 is 2.71 bits per heavy atom. The molecule has 1 aromatic heterocycles. The van der Waals surface area contributed by atoms with Crippen molar-refractivity contribution < 1.29 is 4.42 Å². The summed E-state index contributed by atoms with van der Waals surface area (Å²) in [5, 5.41) is 6.79. The first-order valence-electron chi connectivity index (χ1n) is 9.94. The summed E-state index contributed by atoms with van der Waals surface area (Å²) in [5.74, 6) is 2.17. The van der Waals surface area contributed by atoms with E-state index >= 15 is 0 Å². The lowest BCUT2D eigenvalue weighted by Gasteiger charge is -2.16. The number of aliphatic imine (C=N–C) groups is 1. The van der Waals surface area contributed by atoms with Gasteiger partial charge in [0.2, 0.25) is 5.89 Å². The SMILES string of the molecule is CCNC(=NCc1coc(-c2ccc(C)cc2)n1)NCC1CCN(CC)C1.I. The van der Waals surface area contributed by atoms with Gasteiger partial charge in [-0.15, -0.1) is 24.0 Å². The number of nitrogens with one attached hydrogen (secondary N) is 2. The van der Waals surface area contributed by atoms with E-state index in [9.17, 15) is 0 Å². The number of aryl methyl sites for hydroxylation is 1. The fourth-order valence-electron chi connectivity index (χ4n) is 3.32. The van der Waals surface area contributed by atoms with Crippen molar-refractivity contribution in [3.05, 3.63) is 41.8 Å². The van der Waals surface area contributed by atoms with Crippen LogP contribution in [0.2, 0.25) is 0 Å². The van der Waals surface area contributed by atoms with Crippen molar-refractivity contribution in [3.8, 4) is 11.5 Å². The molecule has 2 N–H and O–H groups in total. The normalized spacial score (nSPS) is 17.4. The molecule has 154 valence electrons. The molecule has 0 amide bonds. The zero-order chi connectivity index (χ0) is 19.1. The lowest BCUT2D eigenvalue weighted by molar-refractivity contribution is 0.342. The van der Waals surface area contributed by atoms with E-state index in [0.29, 0.717) is 18.4 Å². The zero-order valence-corrected chi connectivity index (χ0v) is 19.4. The van der Waals surface area contributed by atoms with E-state index in [4.69, 9.17) is 4.42 Å². The average Bonchev–Trinajstić information content (AvgIpc) is 3.34. The number of oxazole rings is 1. The number of halogens is 1. The number of aromatic nitrogens is 1. The van der Waals surface area contributed by atoms with Crippen LogP contribution in [-0.4, -0.2) is 48.6 Å². The van der Waals surface area contributed by atoms with Gasteiger partial charge < -0.3 is 20.0 Å². The van der Waals surface area contributed by atoms with Crippen molar-refractivity contribution in [2.24, 2.45) is 10.9 Å². The smallest absolute Gasteiger partial charge is 0.226 e. The van der Waals surface area contributed by atoms with Crippen LogP contribution in [0.25, 0.3) is 11.5 Å². The van der Waals surface area contributed by atoms with Crippen molar-refractivity contribution in [1.82, 2.24) is 20.5 Å². The molecule has 2 heterocycles. The van der Waals surface area contributed by atoms with Gasteiger partial charge in [-0.3, -0.25) is 0 Å². The Kier molecular flexibility index (Phi) is 9.24.